The summed E-state index contributed by atoms with van der Waals surface area (Å²) in [5.74, 6) is 0.591. The fraction of sp³-hybridized carbons (Fsp3) is 0.0435. The van der Waals surface area contributed by atoms with Gasteiger partial charge in [-0.3, -0.25) is 0 Å². The van der Waals surface area contributed by atoms with Gasteiger partial charge in [0.25, 0.3) is 0 Å². The Hall–Kier alpha value is -3.24. The minimum absolute atomic E-state index is 0.328. The second-order valence-corrected chi connectivity index (χ2v) is 6.84. The molecular formula is C23H14Cl2N2O. The molecule has 0 aliphatic rings. The summed E-state index contributed by atoms with van der Waals surface area (Å²) < 4.78 is 5.94. The van der Waals surface area contributed by atoms with Gasteiger partial charge in [-0.1, -0.05) is 47.5 Å². The quantitative estimate of drug-likeness (QED) is 0.359. The van der Waals surface area contributed by atoms with E-state index < -0.39 is 0 Å². The van der Waals surface area contributed by atoms with Crippen molar-refractivity contribution >= 4 is 34.9 Å². The van der Waals surface area contributed by atoms with Gasteiger partial charge in [-0.15, -0.1) is 0 Å². The first-order chi connectivity index (χ1) is 13.6. The molecule has 3 aromatic rings. The highest BCUT2D eigenvalue weighted by molar-refractivity contribution is 6.31. The standard InChI is InChI=1S/C23H14Cl2N2O/c24-21-6-2-4-17(10-21)15-28-23-8-7-22(25)12-19(23)11-20(14-27)18-5-1-3-16(9-18)13-26/h1-12H,15H2. The van der Waals surface area contributed by atoms with E-state index in [9.17, 15) is 5.26 Å². The van der Waals surface area contributed by atoms with Crippen LogP contribution in [0.2, 0.25) is 10.0 Å². The maximum atomic E-state index is 9.61. The molecule has 0 aliphatic heterocycles. The summed E-state index contributed by atoms with van der Waals surface area (Å²) in [6, 6.07) is 23.8. The van der Waals surface area contributed by atoms with Gasteiger partial charge < -0.3 is 4.74 Å². The minimum atomic E-state index is 0.328. The molecule has 0 fully saturated rings. The summed E-state index contributed by atoms with van der Waals surface area (Å²) in [7, 11) is 0. The van der Waals surface area contributed by atoms with Gasteiger partial charge in [-0.25, -0.2) is 0 Å². The summed E-state index contributed by atoms with van der Waals surface area (Å²) in [4.78, 5) is 0. The molecule has 5 heteroatoms. The Labute approximate surface area is 173 Å². The van der Waals surface area contributed by atoms with Crippen molar-refractivity contribution in [1.29, 1.82) is 10.5 Å². The topological polar surface area (TPSA) is 56.8 Å². The van der Waals surface area contributed by atoms with Crippen LogP contribution in [0.3, 0.4) is 0 Å². The van der Waals surface area contributed by atoms with E-state index >= 15 is 0 Å². The number of allylic oxidation sites excluding steroid dienone is 1. The smallest absolute Gasteiger partial charge is 0.127 e. The number of rotatable bonds is 5. The maximum Gasteiger partial charge on any atom is 0.127 e. The van der Waals surface area contributed by atoms with Crippen molar-refractivity contribution in [3.63, 3.8) is 0 Å². The summed E-state index contributed by atoms with van der Waals surface area (Å²) in [6.45, 7) is 0.328. The predicted octanol–water partition coefficient (Wildman–Crippen LogP) is 6.51. The van der Waals surface area contributed by atoms with Crippen LogP contribution < -0.4 is 4.74 Å². The van der Waals surface area contributed by atoms with Crippen molar-refractivity contribution in [3.8, 4) is 17.9 Å². The molecule has 3 rings (SSSR count). The number of ether oxygens (including phenoxy) is 1. The van der Waals surface area contributed by atoms with E-state index in [4.69, 9.17) is 33.2 Å². The van der Waals surface area contributed by atoms with Crippen molar-refractivity contribution in [3.05, 3.63) is 99.0 Å². The van der Waals surface area contributed by atoms with E-state index in [2.05, 4.69) is 12.1 Å². The molecule has 0 saturated heterocycles. The summed E-state index contributed by atoms with van der Waals surface area (Å²) >= 11 is 12.2. The van der Waals surface area contributed by atoms with Gasteiger partial charge in [0.1, 0.15) is 12.4 Å². The average molecular weight is 405 g/mol. The lowest BCUT2D eigenvalue weighted by Crippen LogP contribution is -1.97. The first-order valence-corrected chi connectivity index (χ1v) is 9.14. The van der Waals surface area contributed by atoms with Gasteiger partial charge in [0.15, 0.2) is 0 Å². The fourth-order valence-electron chi connectivity index (χ4n) is 2.64. The molecule has 0 aliphatic carbocycles. The van der Waals surface area contributed by atoms with E-state index in [-0.39, 0.29) is 0 Å². The summed E-state index contributed by atoms with van der Waals surface area (Å²) in [5, 5.41) is 19.9. The molecule has 0 bridgehead atoms. The zero-order valence-electron chi connectivity index (χ0n) is 14.7. The van der Waals surface area contributed by atoms with Crippen LogP contribution in [-0.2, 0) is 6.61 Å². The molecule has 0 radical (unpaired) electrons. The first kappa shape index (κ1) is 19.5. The van der Waals surface area contributed by atoms with Crippen LogP contribution in [0.15, 0.2) is 66.7 Å². The largest absolute Gasteiger partial charge is 0.488 e. The maximum absolute atomic E-state index is 9.61. The highest BCUT2D eigenvalue weighted by Crippen LogP contribution is 2.28. The number of benzene rings is 3. The normalized spacial score (nSPS) is 10.8. The molecule has 0 N–H and O–H groups in total. The zero-order chi connectivity index (χ0) is 19.9. The second-order valence-electron chi connectivity index (χ2n) is 5.96. The third-order valence-corrected chi connectivity index (χ3v) is 4.45. The second kappa shape index (κ2) is 9.11. The van der Waals surface area contributed by atoms with Crippen molar-refractivity contribution in [2.24, 2.45) is 0 Å². The van der Waals surface area contributed by atoms with Crippen LogP contribution in [0.1, 0.15) is 22.3 Å². The van der Waals surface area contributed by atoms with Crippen LogP contribution in [0.25, 0.3) is 11.6 Å². The van der Waals surface area contributed by atoms with Gasteiger partial charge in [0.05, 0.1) is 23.3 Å². The molecule has 0 amide bonds. The van der Waals surface area contributed by atoms with Crippen molar-refractivity contribution in [1.82, 2.24) is 0 Å². The number of nitrogens with zero attached hydrogens (tertiary/aromatic N) is 2. The highest BCUT2D eigenvalue weighted by Gasteiger charge is 2.08. The number of hydrogen-bond acceptors (Lipinski definition) is 3. The molecule has 3 nitrogen and oxygen atoms in total. The molecule has 0 heterocycles. The molecule has 3 aromatic carbocycles. The molecule has 136 valence electrons. The molecule has 0 aromatic heterocycles. The van der Waals surface area contributed by atoms with Crippen LogP contribution in [0, 0.1) is 22.7 Å². The molecule has 28 heavy (non-hydrogen) atoms. The monoisotopic (exact) mass is 404 g/mol. The average Bonchev–Trinajstić information content (AvgIpc) is 2.71. The molecule has 0 saturated carbocycles. The molecular weight excluding hydrogens is 391 g/mol. The van der Waals surface area contributed by atoms with Gasteiger partial charge in [-0.2, -0.15) is 10.5 Å². The lowest BCUT2D eigenvalue weighted by atomic mass is 10.0. The Morgan fingerprint density at radius 3 is 2.46 bits per heavy atom. The Morgan fingerprint density at radius 1 is 0.929 bits per heavy atom. The number of nitriles is 2. The van der Waals surface area contributed by atoms with E-state index in [0.29, 0.717) is 44.7 Å². The molecule has 0 unspecified atom stereocenters. The first-order valence-electron chi connectivity index (χ1n) is 8.38. The van der Waals surface area contributed by atoms with E-state index in [1.54, 1.807) is 54.6 Å². The van der Waals surface area contributed by atoms with Gasteiger partial charge in [-0.05, 0) is 59.7 Å². The summed E-state index contributed by atoms with van der Waals surface area (Å²) in [5.41, 5.74) is 3.16. The zero-order valence-corrected chi connectivity index (χ0v) is 16.2. The number of hydrogen-bond donors (Lipinski definition) is 0. The SMILES string of the molecule is N#CC(=Cc1cc(Cl)ccc1OCc1cccc(Cl)c1)c1cccc(C#N)c1. The fourth-order valence-corrected chi connectivity index (χ4v) is 3.04. The third-order valence-electron chi connectivity index (χ3n) is 3.98. The van der Waals surface area contributed by atoms with Crippen LogP contribution in [0.4, 0.5) is 0 Å². The van der Waals surface area contributed by atoms with Gasteiger partial charge in [0.2, 0.25) is 0 Å². The van der Waals surface area contributed by atoms with Crippen molar-refractivity contribution < 1.29 is 4.74 Å². The van der Waals surface area contributed by atoms with Crippen LogP contribution in [-0.4, -0.2) is 0 Å². The van der Waals surface area contributed by atoms with Gasteiger partial charge >= 0.3 is 0 Å². The molecule has 0 atom stereocenters. The third kappa shape index (κ3) is 4.93. The van der Waals surface area contributed by atoms with Crippen molar-refractivity contribution in [2.45, 2.75) is 6.61 Å². The Bertz CT molecular complexity index is 1120. The van der Waals surface area contributed by atoms with E-state index in [1.807, 2.05) is 18.2 Å². The van der Waals surface area contributed by atoms with E-state index in [1.165, 1.54) is 0 Å². The minimum Gasteiger partial charge on any atom is -0.488 e. The highest BCUT2D eigenvalue weighted by atomic mass is 35.5. The predicted molar refractivity (Wildman–Crippen MR) is 112 cm³/mol. The lowest BCUT2D eigenvalue weighted by Gasteiger charge is -2.11. The van der Waals surface area contributed by atoms with Crippen LogP contribution in [0.5, 0.6) is 5.75 Å². The van der Waals surface area contributed by atoms with Crippen molar-refractivity contribution in [2.75, 3.05) is 0 Å². The Morgan fingerprint density at radius 2 is 1.71 bits per heavy atom. The van der Waals surface area contributed by atoms with E-state index in [0.717, 1.165) is 5.56 Å². The Kier molecular flexibility index (Phi) is 6.35. The molecule has 0 spiro atoms. The lowest BCUT2D eigenvalue weighted by molar-refractivity contribution is 0.305. The Balaban J connectivity index is 1.94. The van der Waals surface area contributed by atoms with Gasteiger partial charge in [0, 0.05) is 15.6 Å². The number of halogens is 2. The summed E-state index contributed by atoms with van der Waals surface area (Å²) in [6.07, 6.45) is 1.70. The van der Waals surface area contributed by atoms with Crippen LogP contribution >= 0.6 is 23.2 Å².